The van der Waals surface area contributed by atoms with Crippen LogP contribution in [0.5, 0.6) is 11.5 Å². The fraction of sp³-hybridized carbons (Fsp3) is 0.312. The number of alkyl halides is 2. The van der Waals surface area contributed by atoms with Gasteiger partial charge in [0.05, 0.1) is 6.61 Å². The lowest BCUT2D eigenvalue weighted by Gasteiger charge is -2.11. The van der Waals surface area contributed by atoms with Crippen molar-refractivity contribution >= 4 is 10.8 Å². The van der Waals surface area contributed by atoms with Crippen LogP contribution in [0.25, 0.3) is 21.9 Å². The minimum Gasteiger partial charge on any atom is -0.493 e. The molecular formula is C32H31F5O2. The highest BCUT2D eigenvalue weighted by molar-refractivity contribution is 5.88. The van der Waals surface area contributed by atoms with Gasteiger partial charge in [0.1, 0.15) is 17.4 Å². The predicted molar refractivity (Wildman–Crippen MR) is 144 cm³/mol. The maximum atomic E-state index is 15.3. The van der Waals surface area contributed by atoms with Crippen LogP contribution in [0.3, 0.4) is 0 Å². The van der Waals surface area contributed by atoms with E-state index >= 15 is 4.39 Å². The topological polar surface area (TPSA) is 18.5 Å². The number of hydrogen-bond acceptors (Lipinski definition) is 2. The van der Waals surface area contributed by atoms with Crippen molar-refractivity contribution < 1.29 is 31.4 Å². The lowest BCUT2D eigenvalue weighted by molar-refractivity contribution is -0.0522. The number of halogens is 5. The molecule has 7 heteroatoms. The van der Waals surface area contributed by atoms with Crippen molar-refractivity contribution in [1.82, 2.24) is 0 Å². The zero-order valence-corrected chi connectivity index (χ0v) is 21.8. The van der Waals surface area contributed by atoms with Gasteiger partial charge in [-0.05, 0) is 71.7 Å². The summed E-state index contributed by atoms with van der Waals surface area (Å²) in [6.07, 6.45) is 6.18. The van der Waals surface area contributed by atoms with Gasteiger partial charge in [0.25, 0.3) is 0 Å². The highest BCUT2D eigenvalue weighted by Gasteiger charge is 2.13. The maximum Gasteiger partial charge on any atom is 0.387 e. The van der Waals surface area contributed by atoms with E-state index in [9.17, 15) is 17.6 Å². The van der Waals surface area contributed by atoms with E-state index in [0.29, 0.717) is 51.8 Å². The van der Waals surface area contributed by atoms with Crippen molar-refractivity contribution in [2.75, 3.05) is 6.61 Å². The predicted octanol–water partition coefficient (Wildman–Crippen LogP) is 9.66. The molecule has 0 aliphatic carbocycles. The molecule has 0 saturated heterocycles. The molecule has 39 heavy (non-hydrogen) atoms. The summed E-state index contributed by atoms with van der Waals surface area (Å²) in [6, 6.07) is 17.0. The summed E-state index contributed by atoms with van der Waals surface area (Å²) in [4.78, 5) is 0. The molecule has 0 spiro atoms. The van der Waals surface area contributed by atoms with Gasteiger partial charge in [0, 0.05) is 17.0 Å². The summed E-state index contributed by atoms with van der Waals surface area (Å²) in [5, 5.41) is 1.02. The number of ether oxygens (including phenoxy) is 2. The molecule has 0 aliphatic rings. The summed E-state index contributed by atoms with van der Waals surface area (Å²) in [5.74, 6) is -1.75. The van der Waals surface area contributed by atoms with Crippen molar-refractivity contribution in [3.63, 3.8) is 0 Å². The average Bonchev–Trinajstić information content (AvgIpc) is 2.91. The minimum absolute atomic E-state index is 0.284. The summed E-state index contributed by atoms with van der Waals surface area (Å²) in [6.45, 7) is -0.400. The molecule has 0 unspecified atom stereocenters. The van der Waals surface area contributed by atoms with Crippen LogP contribution >= 0.6 is 0 Å². The Morgan fingerprint density at radius 3 is 2.31 bits per heavy atom. The Hall–Kier alpha value is -3.61. The first-order valence-electron chi connectivity index (χ1n) is 13.2. The van der Waals surface area contributed by atoms with E-state index in [2.05, 4.69) is 11.7 Å². The van der Waals surface area contributed by atoms with Gasteiger partial charge in [-0.15, -0.1) is 0 Å². The number of fused-ring (bicyclic) bond motifs is 1. The molecule has 0 N–H and O–H groups in total. The van der Waals surface area contributed by atoms with E-state index < -0.39 is 29.8 Å². The Labute approximate surface area is 225 Å². The molecule has 4 aromatic carbocycles. The van der Waals surface area contributed by atoms with Gasteiger partial charge < -0.3 is 9.47 Å². The molecule has 0 fully saturated rings. The van der Waals surface area contributed by atoms with Gasteiger partial charge in [-0.25, -0.2) is 13.2 Å². The van der Waals surface area contributed by atoms with Gasteiger partial charge in [-0.2, -0.15) is 8.78 Å². The van der Waals surface area contributed by atoms with Gasteiger partial charge in [0.15, 0.2) is 11.6 Å². The van der Waals surface area contributed by atoms with Crippen LogP contribution in [-0.4, -0.2) is 13.2 Å². The van der Waals surface area contributed by atoms with Crippen LogP contribution in [0.2, 0.25) is 0 Å². The highest BCUT2D eigenvalue weighted by atomic mass is 19.3. The Bertz CT molecular complexity index is 1400. The lowest BCUT2D eigenvalue weighted by atomic mass is 9.97. The normalized spacial score (nSPS) is 11.4. The third-order valence-electron chi connectivity index (χ3n) is 6.70. The van der Waals surface area contributed by atoms with Crippen molar-refractivity contribution in [2.24, 2.45) is 0 Å². The minimum atomic E-state index is -3.11. The van der Waals surface area contributed by atoms with E-state index in [0.717, 1.165) is 25.0 Å². The molecule has 0 amide bonds. The summed E-state index contributed by atoms with van der Waals surface area (Å²) in [7, 11) is 0. The fourth-order valence-corrected chi connectivity index (χ4v) is 4.58. The van der Waals surface area contributed by atoms with Crippen LogP contribution < -0.4 is 9.47 Å². The number of unbranched alkanes of at least 4 members (excludes halogenated alkanes) is 4. The van der Waals surface area contributed by atoms with Gasteiger partial charge in [-0.1, -0.05) is 62.9 Å². The van der Waals surface area contributed by atoms with Crippen LogP contribution in [0.4, 0.5) is 22.0 Å². The average molecular weight is 543 g/mol. The Kier molecular flexibility index (Phi) is 9.79. The van der Waals surface area contributed by atoms with E-state index in [1.54, 1.807) is 42.5 Å². The van der Waals surface area contributed by atoms with E-state index in [4.69, 9.17) is 4.74 Å². The van der Waals surface area contributed by atoms with Crippen molar-refractivity contribution in [2.45, 2.75) is 58.5 Å². The number of benzene rings is 4. The zero-order chi connectivity index (χ0) is 27.8. The third kappa shape index (κ3) is 7.49. The standard InChI is InChI=1S/C32H31F5O2/c1-2-3-4-5-6-17-38-25-13-15-26(28(33)20-25)23-12-14-27-24(19-23)11-10-22(31(27)35)9-7-21-8-16-30(29(34)18-21)39-32(36)37/h8,10-16,18-20,32H,2-7,9,17H2,1H3. The lowest BCUT2D eigenvalue weighted by Crippen LogP contribution is -2.04. The van der Waals surface area contributed by atoms with E-state index in [1.165, 1.54) is 31.4 Å². The molecule has 0 atom stereocenters. The number of aryl methyl sites for hydroxylation is 2. The smallest absolute Gasteiger partial charge is 0.387 e. The number of hydrogen-bond donors (Lipinski definition) is 0. The SMILES string of the molecule is CCCCCCCOc1ccc(-c2ccc3c(F)c(CCc4ccc(OC(F)F)c(F)c4)ccc3c2)c(F)c1. The van der Waals surface area contributed by atoms with Crippen LogP contribution in [0.1, 0.15) is 50.2 Å². The van der Waals surface area contributed by atoms with Crippen LogP contribution in [0.15, 0.2) is 66.7 Å². The van der Waals surface area contributed by atoms with Crippen molar-refractivity contribution in [3.05, 3.63) is 95.3 Å². The molecule has 0 saturated carbocycles. The first kappa shape index (κ1) is 28.4. The molecule has 4 aromatic rings. The largest absolute Gasteiger partial charge is 0.493 e. The third-order valence-corrected chi connectivity index (χ3v) is 6.70. The summed E-state index contributed by atoms with van der Waals surface area (Å²) in [5.41, 5.74) is 1.99. The monoisotopic (exact) mass is 542 g/mol. The fourth-order valence-electron chi connectivity index (χ4n) is 4.58. The summed E-state index contributed by atoms with van der Waals surface area (Å²) < 4.78 is 78.6. The second-order valence-corrected chi connectivity index (χ2v) is 9.52. The summed E-state index contributed by atoms with van der Waals surface area (Å²) >= 11 is 0. The second-order valence-electron chi connectivity index (χ2n) is 9.52. The van der Waals surface area contributed by atoms with E-state index in [1.807, 2.05) is 0 Å². The molecule has 206 valence electrons. The molecular weight excluding hydrogens is 511 g/mol. The quantitative estimate of drug-likeness (QED) is 0.124. The van der Waals surface area contributed by atoms with Crippen LogP contribution in [-0.2, 0) is 12.8 Å². The van der Waals surface area contributed by atoms with E-state index in [-0.39, 0.29) is 6.42 Å². The molecule has 0 aromatic heterocycles. The molecule has 2 nitrogen and oxygen atoms in total. The molecule has 0 radical (unpaired) electrons. The van der Waals surface area contributed by atoms with Crippen molar-refractivity contribution in [1.29, 1.82) is 0 Å². The second kappa shape index (κ2) is 13.5. The molecule has 0 bridgehead atoms. The number of rotatable bonds is 13. The van der Waals surface area contributed by atoms with Gasteiger partial charge in [-0.3, -0.25) is 0 Å². The van der Waals surface area contributed by atoms with Crippen LogP contribution in [0, 0.1) is 17.5 Å². The molecule has 4 rings (SSSR count). The van der Waals surface area contributed by atoms with Gasteiger partial charge >= 0.3 is 6.61 Å². The first-order valence-corrected chi connectivity index (χ1v) is 13.2. The molecule has 0 aliphatic heterocycles. The Morgan fingerprint density at radius 1 is 0.744 bits per heavy atom. The van der Waals surface area contributed by atoms with Gasteiger partial charge in [0.2, 0.25) is 0 Å². The Morgan fingerprint density at radius 2 is 1.56 bits per heavy atom. The first-order chi connectivity index (χ1) is 18.9. The Balaban J connectivity index is 1.42. The zero-order valence-electron chi connectivity index (χ0n) is 21.8. The highest BCUT2D eigenvalue weighted by Crippen LogP contribution is 2.31. The maximum absolute atomic E-state index is 15.3. The molecule has 0 heterocycles. The van der Waals surface area contributed by atoms with Crippen molar-refractivity contribution in [3.8, 4) is 22.6 Å².